The molecule has 0 saturated heterocycles. The summed E-state index contributed by atoms with van der Waals surface area (Å²) in [4.78, 5) is 28.0. The number of nitrogens with zero attached hydrogens (tertiary/aromatic N) is 3. The van der Waals surface area contributed by atoms with E-state index >= 15 is 0 Å². The fourth-order valence-electron chi connectivity index (χ4n) is 2.22. The van der Waals surface area contributed by atoms with Gasteiger partial charge in [0.1, 0.15) is 5.75 Å². The van der Waals surface area contributed by atoms with E-state index in [1.807, 2.05) is 6.07 Å². The van der Waals surface area contributed by atoms with E-state index in [1.165, 1.54) is 0 Å². The zero-order valence-corrected chi connectivity index (χ0v) is 12.0. The predicted molar refractivity (Wildman–Crippen MR) is 79.1 cm³/mol. The van der Waals surface area contributed by atoms with Gasteiger partial charge in [0.25, 0.3) is 11.1 Å². The van der Waals surface area contributed by atoms with Gasteiger partial charge in [-0.25, -0.2) is 4.99 Å². The smallest absolute Gasteiger partial charge is 0.271 e. The normalized spacial score (nSPS) is 15.2. The number of benzene rings is 1. The lowest BCUT2D eigenvalue weighted by molar-refractivity contribution is 0.114. The second kappa shape index (κ2) is 4.70. The molecule has 0 unspecified atom stereocenters. The number of hydrogen-bond acceptors (Lipinski definition) is 5. The Morgan fingerprint density at radius 2 is 2.05 bits per heavy atom. The van der Waals surface area contributed by atoms with E-state index in [9.17, 15) is 9.59 Å². The summed E-state index contributed by atoms with van der Waals surface area (Å²) >= 11 is 0. The average molecular weight is 296 g/mol. The van der Waals surface area contributed by atoms with Crippen molar-refractivity contribution < 1.29 is 4.74 Å². The van der Waals surface area contributed by atoms with Gasteiger partial charge in [0, 0.05) is 12.1 Å². The molecule has 0 atom stereocenters. The Kier molecular flexibility index (Phi) is 2.95. The molecule has 1 aliphatic rings. The quantitative estimate of drug-likeness (QED) is 0.778. The third-order valence-corrected chi connectivity index (χ3v) is 3.12. The highest BCUT2D eigenvalue weighted by Gasteiger charge is 2.29. The summed E-state index contributed by atoms with van der Waals surface area (Å²) in [5, 5.41) is 11.5. The molecule has 2 aromatic rings. The predicted octanol–water partition coefficient (Wildman–Crippen LogP) is 0.832. The molecular weight excluding hydrogens is 284 g/mol. The van der Waals surface area contributed by atoms with Gasteiger partial charge < -0.3 is 4.74 Å². The number of nitrogens with one attached hydrogen (secondary N) is 1. The van der Waals surface area contributed by atoms with Crippen molar-refractivity contribution in [3.8, 4) is 11.8 Å². The second-order valence-electron chi connectivity index (χ2n) is 5.29. The van der Waals surface area contributed by atoms with Crippen LogP contribution in [-0.2, 0) is 0 Å². The number of rotatable bonds is 0. The summed E-state index contributed by atoms with van der Waals surface area (Å²) < 4.78 is 6.80. The molecule has 7 nitrogen and oxygen atoms in total. The van der Waals surface area contributed by atoms with Crippen LogP contribution in [-0.4, -0.2) is 21.3 Å². The van der Waals surface area contributed by atoms with Gasteiger partial charge in [0.05, 0.1) is 17.2 Å². The number of nitriles is 1. The number of aromatic amines is 1. The molecule has 0 spiro atoms. The van der Waals surface area contributed by atoms with Gasteiger partial charge in [0.15, 0.2) is 11.6 Å². The molecule has 22 heavy (non-hydrogen) atoms. The third-order valence-electron chi connectivity index (χ3n) is 3.12. The Labute approximate surface area is 125 Å². The van der Waals surface area contributed by atoms with Gasteiger partial charge in [-0.1, -0.05) is 0 Å². The van der Waals surface area contributed by atoms with Gasteiger partial charge in [0.2, 0.25) is 0 Å². The molecule has 7 heteroatoms. The molecular formula is C15H12N4O3. The first-order chi connectivity index (χ1) is 10.4. The summed E-state index contributed by atoms with van der Waals surface area (Å²) in [6.45, 7) is 3.47. The minimum absolute atomic E-state index is 0.242. The summed E-state index contributed by atoms with van der Waals surface area (Å²) in [5.74, 6) is 0.733. The molecule has 3 rings (SSSR count). The Bertz CT molecular complexity index is 944. The van der Waals surface area contributed by atoms with Crippen LogP contribution < -0.4 is 15.9 Å². The number of ether oxygens (including phenoxy) is 1. The highest BCUT2D eigenvalue weighted by molar-refractivity contribution is 6.03. The molecule has 1 aliphatic heterocycles. The Balaban J connectivity index is 2.32. The molecule has 110 valence electrons. The van der Waals surface area contributed by atoms with Gasteiger partial charge >= 0.3 is 0 Å². The van der Waals surface area contributed by atoms with E-state index in [1.54, 1.807) is 32.0 Å². The third kappa shape index (κ3) is 2.31. The average Bonchev–Trinajstić information content (AvgIpc) is 2.47. The van der Waals surface area contributed by atoms with Crippen LogP contribution in [0.5, 0.6) is 5.75 Å². The second-order valence-corrected chi connectivity index (χ2v) is 5.29. The van der Waals surface area contributed by atoms with Crippen molar-refractivity contribution in [1.29, 1.82) is 5.26 Å². The Hall–Kier alpha value is -3.14. The minimum Gasteiger partial charge on any atom is -0.466 e. The van der Waals surface area contributed by atoms with Crippen LogP contribution in [0.1, 0.15) is 25.0 Å². The summed E-state index contributed by atoms with van der Waals surface area (Å²) in [6, 6.07) is 9.18. The van der Waals surface area contributed by atoms with Crippen LogP contribution in [0.25, 0.3) is 0 Å². The first-order valence-corrected chi connectivity index (χ1v) is 6.56. The van der Waals surface area contributed by atoms with Gasteiger partial charge in [-0.15, -0.1) is 0 Å². The SMILES string of the molecule is CC1(C)N=C(n2[nH]c(=O)ccc2=O)c2cc(C#N)ccc2O1. The van der Waals surface area contributed by atoms with E-state index in [0.29, 0.717) is 16.9 Å². The zero-order chi connectivity index (χ0) is 15.9. The molecule has 1 aromatic carbocycles. The topological polar surface area (TPSA) is 100 Å². The van der Waals surface area contributed by atoms with Gasteiger partial charge in [-0.05, 0) is 32.0 Å². The van der Waals surface area contributed by atoms with Crippen LogP contribution >= 0.6 is 0 Å². The van der Waals surface area contributed by atoms with E-state index in [-0.39, 0.29) is 5.84 Å². The van der Waals surface area contributed by atoms with Crippen molar-refractivity contribution in [3.05, 3.63) is 62.2 Å². The first-order valence-electron chi connectivity index (χ1n) is 6.56. The van der Waals surface area contributed by atoms with Crippen molar-refractivity contribution in [2.45, 2.75) is 19.6 Å². The summed E-state index contributed by atoms with van der Waals surface area (Å²) in [6.07, 6.45) is 0. The van der Waals surface area contributed by atoms with E-state index < -0.39 is 16.8 Å². The lowest BCUT2D eigenvalue weighted by Gasteiger charge is -2.30. The first kappa shape index (κ1) is 13.8. The van der Waals surface area contributed by atoms with Gasteiger partial charge in [-0.2, -0.15) is 9.94 Å². The molecule has 2 heterocycles. The molecule has 1 N–H and O–H groups in total. The number of aliphatic imine (C=N–C) groups is 1. The van der Waals surface area contributed by atoms with E-state index in [0.717, 1.165) is 16.8 Å². The summed E-state index contributed by atoms with van der Waals surface area (Å²) in [7, 11) is 0. The number of H-pyrrole nitrogens is 1. The molecule has 0 radical (unpaired) electrons. The van der Waals surface area contributed by atoms with Crippen LogP contribution in [0, 0.1) is 11.3 Å². The number of fused-ring (bicyclic) bond motifs is 1. The number of aromatic nitrogens is 2. The molecule has 0 bridgehead atoms. The zero-order valence-electron chi connectivity index (χ0n) is 12.0. The van der Waals surface area contributed by atoms with Crippen molar-refractivity contribution >= 4 is 5.84 Å². The van der Waals surface area contributed by atoms with Crippen molar-refractivity contribution in [3.63, 3.8) is 0 Å². The van der Waals surface area contributed by atoms with E-state index in [2.05, 4.69) is 10.1 Å². The van der Waals surface area contributed by atoms with Crippen LogP contribution in [0.15, 0.2) is 44.9 Å². The van der Waals surface area contributed by atoms with Crippen LogP contribution in [0.4, 0.5) is 0 Å². The van der Waals surface area contributed by atoms with Crippen molar-refractivity contribution in [2.24, 2.45) is 4.99 Å². The molecule has 0 amide bonds. The fourth-order valence-corrected chi connectivity index (χ4v) is 2.22. The van der Waals surface area contributed by atoms with Crippen LogP contribution in [0.3, 0.4) is 0 Å². The molecule has 0 aliphatic carbocycles. The summed E-state index contributed by atoms with van der Waals surface area (Å²) in [5.41, 5.74) is -0.875. The maximum absolute atomic E-state index is 12.1. The fraction of sp³-hybridized carbons (Fsp3) is 0.200. The molecule has 0 fully saturated rings. The Morgan fingerprint density at radius 1 is 1.27 bits per heavy atom. The minimum atomic E-state index is -0.900. The van der Waals surface area contributed by atoms with Gasteiger partial charge in [-0.3, -0.25) is 14.7 Å². The van der Waals surface area contributed by atoms with Crippen LogP contribution in [0.2, 0.25) is 0 Å². The molecule has 1 aromatic heterocycles. The van der Waals surface area contributed by atoms with E-state index in [4.69, 9.17) is 10.00 Å². The lowest BCUT2D eigenvalue weighted by Crippen LogP contribution is -2.40. The maximum atomic E-state index is 12.1. The Morgan fingerprint density at radius 3 is 2.77 bits per heavy atom. The number of hydrogen-bond donors (Lipinski definition) is 1. The largest absolute Gasteiger partial charge is 0.466 e. The lowest BCUT2D eigenvalue weighted by atomic mass is 10.1. The monoisotopic (exact) mass is 296 g/mol. The van der Waals surface area contributed by atoms with Crippen molar-refractivity contribution in [1.82, 2.24) is 9.78 Å². The molecule has 0 saturated carbocycles. The highest BCUT2D eigenvalue weighted by atomic mass is 16.5. The van der Waals surface area contributed by atoms with Crippen molar-refractivity contribution in [2.75, 3.05) is 0 Å². The highest BCUT2D eigenvalue weighted by Crippen LogP contribution is 2.30. The standard InChI is InChI=1S/C15H12N4O3/c1-15(2)17-14(19-13(21)6-5-12(20)18-19)10-7-9(8-16)3-4-11(10)22-15/h3-7H,1-2H3,(H,18,20). The maximum Gasteiger partial charge on any atom is 0.271 e.